The maximum Gasteiger partial charge on any atom is 0.340 e. The van der Waals surface area contributed by atoms with Gasteiger partial charge in [0.25, 0.3) is 0 Å². The van der Waals surface area contributed by atoms with Crippen LogP contribution >= 0.6 is 23.2 Å². The number of aromatic amines is 1. The summed E-state index contributed by atoms with van der Waals surface area (Å²) in [5.41, 5.74) is 1.94. The average Bonchev–Trinajstić information content (AvgIpc) is 2.72. The summed E-state index contributed by atoms with van der Waals surface area (Å²) < 4.78 is 4.74. The fraction of sp³-hybridized carbons (Fsp3) is 0.200. The number of aryl methyl sites for hydroxylation is 2. The lowest BCUT2D eigenvalue weighted by Gasteiger charge is -2.06. The number of ether oxygens (including phenoxy) is 1. The van der Waals surface area contributed by atoms with Gasteiger partial charge in [-0.25, -0.2) is 4.79 Å². The second-order valence-corrected chi connectivity index (χ2v) is 5.41. The third-order valence-corrected chi connectivity index (χ3v) is 3.72. The number of ketones is 1. The lowest BCUT2D eigenvalue weighted by molar-refractivity contribution is 0.0597. The molecule has 1 heterocycles. The second kappa shape index (κ2) is 5.92. The largest absolute Gasteiger partial charge is 0.465 e. The van der Waals surface area contributed by atoms with E-state index in [4.69, 9.17) is 27.9 Å². The summed E-state index contributed by atoms with van der Waals surface area (Å²) in [4.78, 5) is 27.6. The first-order valence-electron chi connectivity index (χ1n) is 6.14. The Kier molecular flexibility index (Phi) is 4.40. The maximum atomic E-state index is 12.7. The highest BCUT2D eigenvalue weighted by atomic mass is 35.5. The van der Waals surface area contributed by atoms with Gasteiger partial charge in [0.05, 0.1) is 23.3 Å². The van der Waals surface area contributed by atoms with E-state index in [1.54, 1.807) is 19.9 Å². The van der Waals surface area contributed by atoms with Crippen molar-refractivity contribution >= 4 is 35.0 Å². The number of halogens is 2. The van der Waals surface area contributed by atoms with Gasteiger partial charge in [-0.2, -0.15) is 0 Å². The van der Waals surface area contributed by atoms with E-state index in [-0.39, 0.29) is 27.5 Å². The van der Waals surface area contributed by atoms with E-state index in [1.165, 1.54) is 19.2 Å². The number of hydrogen-bond acceptors (Lipinski definition) is 3. The lowest BCUT2D eigenvalue weighted by atomic mass is 9.99. The van der Waals surface area contributed by atoms with Gasteiger partial charge in [-0.05, 0) is 32.0 Å². The Hall–Kier alpha value is -1.78. The number of nitrogens with one attached hydrogen (secondary N) is 1. The van der Waals surface area contributed by atoms with Gasteiger partial charge in [0.1, 0.15) is 0 Å². The highest BCUT2D eigenvalue weighted by Gasteiger charge is 2.26. The van der Waals surface area contributed by atoms with Crippen LogP contribution in [-0.4, -0.2) is 23.8 Å². The van der Waals surface area contributed by atoms with Crippen LogP contribution in [0.15, 0.2) is 18.2 Å². The summed E-state index contributed by atoms with van der Waals surface area (Å²) in [6.45, 7) is 3.43. The number of H-pyrrole nitrogens is 1. The van der Waals surface area contributed by atoms with Gasteiger partial charge in [0.2, 0.25) is 0 Å². The molecule has 0 unspecified atom stereocenters. The zero-order valence-corrected chi connectivity index (χ0v) is 13.2. The molecule has 0 spiro atoms. The van der Waals surface area contributed by atoms with E-state index in [2.05, 4.69) is 4.98 Å². The van der Waals surface area contributed by atoms with Gasteiger partial charge >= 0.3 is 5.97 Å². The molecule has 0 aliphatic carbocycles. The minimum Gasteiger partial charge on any atom is -0.465 e. The van der Waals surface area contributed by atoms with Gasteiger partial charge < -0.3 is 9.72 Å². The quantitative estimate of drug-likeness (QED) is 0.686. The van der Waals surface area contributed by atoms with E-state index in [0.29, 0.717) is 16.4 Å². The molecule has 0 aliphatic heterocycles. The van der Waals surface area contributed by atoms with Crippen LogP contribution in [0, 0.1) is 13.8 Å². The number of benzene rings is 1. The predicted molar refractivity (Wildman–Crippen MR) is 81.5 cm³/mol. The minimum atomic E-state index is -0.565. The van der Waals surface area contributed by atoms with Crippen LogP contribution < -0.4 is 0 Å². The predicted octanol–water partition coefficient (Wildman–Crippen LogP) is 3.96. The minimum absolute atomic E-state index is 0.228. The van der Waals surface area contributed by atoms with Gasteiger partial charge in [0.15, 0.2) is 5.78 Å². The SMILES string of the molecule is COC(=O)c1c(C)[nH]c(C)c1C(=O)c1ccc(Cl)cc1Cl. The van der Waals surface area contributed by atoms with Crippen molar-refractivity contribution in [2.24, 2.45) is 0 Å². The first kappa shape index (κ1) is 15.6. The van der Waals surface area contributed by atoms with Crippen molar-refractivity contribution < 1.29 is 14.3 Å². The lowest BCUT2D eigenvalue weighted by Crippen LogP contribution is -2.11. The van der Waals surface area contributed by atoms with Crippen LogP contribution in [0.2, 0.25) is 10.0 Å². The van der Waals surface area contributed by atoms with Crippen molar-refractivity contribution in [2.45, 2.75) is 13.8 Å². The molecule has 21 heavy (non-hydrogen) atoms. The normalized spacial score (nSPS) is 10.5. The molecule has 2 rings (SSSR count). The van der Waals surface area contributed by atoms with Crippen molar-refractivity contribution in [1.29, 1.82) is 0 Å². The highest BCUT2D eigenvalue weighted by Crippen LogP contribution is 2.27. The zero-order chi connectivity index (χ0) is 15.7. The molecular formula is C15H13Cl2NO3. The van der Waals surface area contributed by atoms with Crippen LogP contribution in [0.4, 0.5) is 0 Å². The smallest absolute Gasteiger partial charge is 0.340 e. The number of esters is 1. The van der Waals surface area contributed by atoms with Crippen molar-refractivity contribution in [2.75, 3.05) is 7.11 Å². The third-order valence-electron chi connectivity index (χ3n) is 3.17. The Morgan fingerprint density at radius 3 is 2.29 bits per heavy atom. The molecule has 0 saturated heterocycles. The van der Waals surface area contributed by atoms with Gasteiger partial charge in [0, 0.05) is 22.0 Å². The van der Waals surface area contributed by atoms with E-state index in [0.717, 1.165) is 0 Å². The first-order valence-corrected chi connectivity index (χ1v) is 6.89. The summed E-state index contributed by atoms with van der Waals surface area (Å²) >= 11 is 11.9. The van der Waals surface area contributed by atoms with Gasteiger partial charge in [-0.3, -0.25) is 4.79 Å². The molecule has 0 atom stereocenters. The molecule has 2 aromatic rings. The molecule has 4 nitrogen and oxygen atoms in total. The van der Waals surface area contributed by atoms with E-state index >= 15 is 0 Å². The van der Waals surface area contributed by atoms with E-state index in [9.17, 15) is 9.59 Å². The monoisotopic (exact) mass is 325 g/mol. The summed E-state index contributed by atoms with van der Waals surface area (Å²) in [5.74, 6) is -0.913. The second-order valence-electron chi connectivity index (χ2n) is 4.57. The van der Waals surface area contributed by atoms with Gasteiger partial charge in [-0.15, -0.1) is 0 Å². The van der Waals surface area contributed by atoms with Crippen LogP contribution in [0.1, 0.15) is 37.7 Å². The Labute approximate surface area is 132 Å². The molecule has 0 aliphatic rings. The molecule has 1 aromatic heterocycles. The molecular weight excluding hydrogens is 313 g/mol. The molecule has 1 aromatic carbocycles. The van der Waals surface area contributed by atoms with Crippen LogP contribution in [0.5, 0.6) is 0 Å². The molecule has 0 radical (unpaired) electrons. The molecule has 0 amide bonds. The van der Waals surface area contributed by atoms with E-state index in [1.807, 2.05) is 0 Å². The van der Waals surface area contributed by atoms with Crippen molar-refractivity contribution in [3.63, 3.8) is 0 Å². The summed E-state index contributed by atoms with van der Waals surface area (Å²) in [5, 5.41) is 0.674. The van der Waals surface area contributed by atoms with Crippen LogP contribution in [-0.2, 0) is 4.74 Å². The topological polar surface area (TPSA) is 59.2 Å². The standard InChI is InChI=1S/C15H13Cl2NO3/c1-7-12(13(8(2)18-7)15(20)21-3)14(19)10-5-4-9(16)6-11(10)17/h4-6,18H,1-3H3. The Bertz CT molecular complexity index is 735. The fourth-order valence-electron chi connectivity index (χ4n) is 2.23. The average molecular weight is 326 g/mol. The molecule has 0 bridgehead atoms. The molecule has 6 heteroatoms. The van der Waals surface area contributed by atoms with E-state index < -0.39 is 5.97 Å². The molecule has 110 valence electrons. The molecule has 0 fully saturated rings. The first-order chi connectivity index (χ1) is 9.86. The van der Waals surface area contributed by atoms with Crippen molar-refractivity contribution in [3.8, 4) is 0 Å². The van der Waals surface area contributed by atoms with Crippen LogP contribution in [0.3, 0.4) is 0 Å². The molecule has 0 saturated carbocycles. The Morgan fingerprint density at radius 2 is 1.71 bits per heavy atom. The number of rotatable bonds is 3. The Balaban J connectivity index is 2.61. The number of hydrogen-bond donors (Lipinski definition) is 1. The van der Waals surface area contributed by atoms with Gasteiger partial charge in [-0.1, -0.05) is 23.2 Å². The number of carbonyl (C=O) groups excluding carboxylic acids is 2. The highest BCUT2D eigenvalue weighted by molar-refractivity contribution is 6.37. The van der Waals surface area contributed by atoms with Crippen molar-refractivity contribution in [3.05, 3.63) is 56.3 Å². The fourth-order valence-corrected chi connectivity index (χ4v) is 2.72. The summed E-state index contributed by atoms with van der Waals surface area (Å²) in [6.07, 6.45) is 0. The maximum absolute atomic E-state index is 12.7. The zero-order valence-electron chi connectivity index (χ0n) is 11.7. The summed E-state index contributed by atoms with van der Waals surface area (Å²) in [6, 6.07) is 4.60. The number of aromatic nitrogens is 1. The number of carbonyl (C=O) groups is 2. The number of methoxy groups -OCH3 is 1. The Morgan fingerprint density at radius 1 is 1.10 bits per heavy atom. The van der Waals surface area contributed by atoms with Crippen molar-refractivity contribution in [1.82, 2.24) is 4.98 Å². The molecule has 1 N–H and O–H groups in total. The van der Waals surface area contributed by atoms with Crippen LogP contribution in [0.25, 0.3) is 0 Å². The third kappa shape index (κ3) is 2.82. The summed E-state index contributed by atoms with van der Waals surface area (Å²) in [7, 11) is 1.27.